The molecule has 1 atom stereocenters. The van der Waals surface area contributed by atoms with Crippen LogP contribution in [0.1, 0.15) is 56.7 Å². The molecule has 2 aromatic rings. The maximum absolute atomic E-state index is 13.1. The van der Waals surface area contributed by atoms with Gasteiger partial charge in [-0.2, -0.15) is 0 Å². The molecule has 0 unspecified atom stereocenters. The molecule has 1 aromatic carbocycles. The summed E-state index contributed by atoms with van der Waals surface area (Å²) in [4.78, 5) is 32.7. The van der Waals surface area contributed by atoms with Gasteiger partial charge in [0.2, 0.25) is 5.91 Å². The van der Waals surface area contributed by atoms with Crippen LogP contribution in [-0.4, -0.2) is 70.8 Å². The molecule has 1 aliphatic heterocycles. The lowest BCUT2D eigenvalue weighted by molar-refractivity contribution is -0.145. The largest absolute Gasteiger partial charge is 0.465 e. The van der Waals surface area contributed by atoms with Gasteiger partial charge in [0.25, 0.3) is 0 Å². The van der Waals surface area contributed by atoms with Gasteiger partial charge < -0.3 is 20.4 Å². The summed E-state index contributed by atoms with van der Waals surface area (Å²) in [5.74, 6) is 0.0953. The van der Waals surface area contributed by atoms with Gasteiger partial charge in [-0.05, 0) is 75.0 Å². The number of rotatable bonds is 12. The summed E-state index contributed by atoms with van der Waals surface area (Å²) in [6, 6.07) is 9.13. The highest BCUT2D eigenvalue weighted by molar-refractivity contribution is 5.82. The van der Waals surface area contributed by atoms with Crippen LogP contribution in [0.15, 0.2) is 24.3 Å². The Hall–Kier alpha value is -2.87. The fourth-order valence-electron chi connectivity index (χ4n) is 4.98. The van der Waals surface area contributed by atoms with Crippen LogP contribution in [0.5, 0.6) is 0 Å². The summed E-state index contributed by atoms with van der Waals surface area (Å²) < 4.78 is 5.10. The number of benzene rings is 1. The number of carbonyl (C=O) groups is 2. The van der Waals surface area contributed by atoms with Gasteiger partial charge >= 0.3 is 5.97 Å². The number of likely N-dealkylation sites (tertiary alicyclic amines) is 1. The van der Waals surface area contributed by atoms with E-state index in [-0.39, 0.29) is 30.3 Å². The molecule has 4 N–H and O–H groups in total. The van der Waals surface area contributed by atoms with Crippen molar-refractivity contribution in [1.82, 2.24) is 14.8 Å². The van der Waals surface area contributed by atoms with Crippen molar-refractivity contribution >= 4 is 28.6 Å². The normalized spacial score (nSPS) is 18.1. The van der Waals surface area contributed by atoms with Crippen molar-refractivity contribution < 1.29 is 14.3 Å². The highest BCUT2D eigenvalue weighted by atomic mass is 16.5. The van der Waals surface area contributed by atoms with Crippen molar-refractivity contribution in [2.75, 3.05) is 26.2 Å². The Morgan fingerprint density at radius 1 is 1.21 bits per heavy atom. The number of nitrogens with zero attached hydrogens (tertiary/aromatic N) is 2. The van der Waals surface area contributed by atoms with Crippen molar-refractivity contribution in [3.63, 3.8) is 0 Å². The van der Waals surface area contributed by atoms with Crippen LogP contribution < -0.4 is 5.73 Å². The first-order chi connectivity index (χ1) is 16.4. The molecule has 8 heteroatoms. The van der Waals surface area contributed by atoms with Crippen molar-refractivity contribution in [3.8, 4) is 0 Å². The zero-order chi connectivity index (χ0) is 24.1. The molecule has 2 fully saturated rings. The number of hydrogen-bond donors (Lipinski definition) is 3. The highest BCUT2D eigenvalue weighted by Crippen LogP contribution is 2.28. The molecule has 184 valence electrons. The lowest BCUT2D eigenvalue weighted by Crippen LogP contribution is -2.45. The van der Waals surface area contributed by atoms with Gasteiger partial charge in [-0.25, -0.2) is 0 Å². The molecule has 2 aliphatic rings. The number of hydrogen-bond acceptors (Lipinski definition) is 5. The first-order valence-electron chi connectivity index (χ1n) is 12.6. The van der Waals surface area contributed by atoms with E-state index in [1.54, 1.807) is 6.92 Å². The first-order valence-corrected chi connectivity index (χ1v) is 12.6. The van der Waals surface area contributed by atoms with Gasteiger partial charge in [0.05, 0.1) is 25.5 Å². The average Bonchev–Trinajstić information content (AvgIpc) is 3.40. The number of esters is 1. The van der Waals surface area contributed by atoms with E-state index in [0.717, 1.165) is 57.0 Å². The summed E-state index contributed by atoms with van der Waals surface area (Å²) in [6.07, 6.45) is 7.32. The maximum Gasteiger partial charge on any atom is 0.320 e. The number of aromatic nitrogens is 1. The summed E-state index contributed by atoms with van der Waals surface area (Å²) in [6.45, 7) is 3.47. The van der Waals surface area contributed by atoms with Crippen molar-refractivity contribution in [3.05, 3.63) is 35.5 Å². The minimum Gasteiger partial charge on any atom is -0.465 e. The first kappa shape index (κ1) is 24.3. The monoisotopic (exact) mass is 467 g/mol. The Labute approximate surface area is 201 Å². The molecule has 8 nitrogen and oxygen atoms in total. The van der Waals surface area contributed by atoms with Crippen LogP contribution in [-0.2, 0) is 27.2 Å². The van der Waals surface area contributed by atoms with Crippen LogP contribution in [0.3, 0.4) is 0 Å². The van der Waals surface area contributed by atoms with Gasteiger partial charge in [-0.15, -0.1) is 0 Å². The van der Waals surface area contributed by atoms with Crippen molar-refractivity contribution in [2.45, 2.75) is 70.4 Å². The topological polar surface area (TPSA) is 116 Å². The minimum absolute atomic E-state index is 0.130. The second-order valence-electron chi connectivity index (χ2n) is 9.60. The number of amidine groups is 1. The van der Waals surface area contributed by atoms with Crippen LogP contribution in [0.25, 0.3) is 10.9 Å². The van der Waals surface area contributed by atoms with Gasteiger partial charge in [0.15, 0.2) is 0 Å². The lowest BCUT2D eigenvalue weighted by atomic mass is 10.1. The number of H-pyrrole nitrogens is 1. The smallest absolute Gasteiger partial charge is 0.320 e. The van der Waals surface area contributed by atoms with Crippen LogP contribution in [0.2, 0.25) is 0 Å². The fraction of sp³-hybridized carbons (Fsp3) is 0.577. The molecule has 1 aliphatic carbocycles. The number of ether oxygens (including phenoxy) is 1. The van der Waals surface area contributed by atoms with Crippen molar-refractivity contribution in [2.24, 2.45) is 5.73 Å². The predicted octanol–water partition coefficient (Wildman–Crippen LogP) is 2.99. The number of carbonyl (C=O) groups excluding carboxylic acids is 2. The molecule has 1 aromatic heterocycles. The molecule has 1 amide bonds. The molecule has 1 saturated carbocycles. The number of fused-ring (bicyclic) bond motifs is 1. The molecular weight excluding hydrogens is 430 g/mol. The third-order valence-electron chi connectivity index (χ3n) is 6.91. The standard InChI is InChI=1S/C26H37N5O3/c1-2-34-26(33)17-30(21-10-11-21)16-25(32)31-13-3-4-22(31)9-8-20-15-19-7-5-18(6-12-24(27)28)14-23(19)29-20/h5,7,14-15,21-22,29H,2-4,6,8-13,16-17H2,1H3,(H3,27,28)/t22-/m0/s1. The van der Waals surface area contributed by atoms with Crippen LogP contribution in [0.4, 0.5) is 0 Å². The molecule has 0 bridgehead atoms. The summed E-state index contributed by atoms with van der Waals surface area (Å²) in [5.41, 5.74) is 8.95. The Morgan fingerprint density at radius 2 is 2.03 bits per heavy atom. The zero-order valence-corrected chi connectivity index (χ0v) is 20.1. The molecule has 34 heavy (non-hydrogen) atoms. The number of nitrogens with one attached hydrogen (secondary N) is 2. The van der Waals surface area contributed by atoms with Gasteiger partial charge in [-0.1, -0.05) is 12.1 Å². The summed E-state index contributed by atoms with van der Waals surface area (Å²) >= 11 is 0. The van der Waals surface area contributed by atoms with Gasteiger partial charge in [0.1, 0.15) is 0 Å². The third kappa shape index (κ3) is 6.38. The Kier molecular flexibility index (Phi) is 7.88. The van der Waals surface area contributed by atoms with E-state index in [1.807, 2.05) is 9.80 Å². The number of nitrogens with two attached hydrogens (primary N) is 1. The van der Waals surface area contributed by atoms with Crippen LogP contribution >= 0.6 is 0 Å². The van der Waals surface area contributed by atoms with E-state index in [2.05, 4.69) is 29.2 Å². The lowest BCUT2D eigenvalue weighted by Gasteiger charge is -2.28. The average molecular weight is 468 g/mol. The highest BCUT2D eigenvalue weighted by Gasteiger charge is 2.35. The van der Waals surface area contributed by atoms with Crippen molar-refractivity contribution in [1.29, 1.82) is 5.41 Å². The zero-order valence-electron chi connectivity index (χ0n) is 20.1. The van der Waals surface area contributed by atoms with Gasteiger partial charge in [0, 0.05) is 36.3 Å². The Bertz CT molecular complexity index is 1030. The van der Waals surface area contributed by atoms with Crippen LogP contribution in [0, 0.1) is 5.41 Å². The fourth-order valence-corrected chi connectivity index (χ4v) is 4.98. The van der Waals surface area contributed by atoms with E-state index in [4.69, 9.17) is 15.9 Å². The minimum atomic E-state index is -0.247. The predicted molar refractivity (Wildman–Crippen MR) is 133 cm³/mol. The Morgan fingerprint density at radius 3 is 2.76 bits per heavy atom. The molecule has 0 spiro atoms. The second kappa shape index (κ2) is 11.0. The van der Waals surface area contributed by atoms with E-state index in [0.29, 0.717) is 25.6 Å². The number of aryl methyl sites for hydroxylation is 2. The molecule has 2 heterocycles. The third-order valence-corrected chi connectivity index (χ3v) is 6.91. The quantitative estimate of drug-likeness (QED) is 0.252. The SMILES string of the molecule is CCOC(=O)CN(CC(=O)N1CCC[C@H]1CCc1cc2ccc(CCC(=N)N)cc2[nH]1)C1CC1. The molecule has 4 rings (SSSR count). The second-order valence-corrected chi connectivity index (χ2v) is 9.60. The Balaban J connectivity index is 1.32. The van der Waals surface area contributed by atoms with E-state index in [9.17, 15) is 9.59 Å². The molecular formula is C26H37N5O3. The van der Waals surface area contributed by atoms with E-state index < -0.39 is 0 Å². The van der Waals surface area contributed by atoms with E-state index in [1.165, 1.54) is 16.6 Å². The van der Waals surface area contributed by atoms with E-state index >= 15 is 0 Å². The number of amides is 1. The molecule has 1 saturated heterocycles. The summed E-state index contributed by atoms with van der Waals surface area (Å²) in [5, 5.41) is 8.60. The van der Waals surface area contributed by atoms with Gasteiger partial charge in [-0.3, -0.25) is 19.9 Å². The number of aromatic amines is 1. The summed E-state index contributed by atoms with van der Waals surface area (Å²) in [7, 11) is 0. The maximum atomic E-state index is 13.1. The molecule has 0 radical (unpaired) electrons.